The predicted octanol–water partition coefficient (Wildman–Crippen LogP) is 2.70. The number of hydrogen-bond donors (Lipinski definition) is 1. The van der Waals surface area contributed by atoms with Gasteiger partial charge in [0.05, 0.1) is 4.90 Å². The zero-order valence-corrected chi connectivity index (χ0v) is 15.4. The quantitative estimate of drug-likeness (QED) is 0.914. The molecule has 3 rings (SSSR count). The lowest BCUT2D eigenvalue weighted by Gasteiger charge is -2.17. The minimum Gasteiger partial charge on any atom is -0.311 e. The first kappa shape index (κ1) is 17.6. The third-order valence-corrected chi connectivity index (χ3v) is 5.81. The molecule has 1 aliphatic heterocycles. The maximum atomic E-state index is 12.6. The summed E-state index contributed by atoms with van der Waals surface area (Å²) >= 11 is 0. The molecule has 25 heavy (non-hydrogen) atoms. The van der Waals surface area contributed by atoms with Gasteiger partial charge >= 0.3 is 0 Å². The summed E-state index contributed by atoms with van der Waals surface area (Å²) in [5.41, 5.74) is 3.66. The molecule has 0 radical (unpaired) electrons. The van der Waals surface area contributed by atoms with Crippen molar-refractivity contribution in [1.82, 2.24) is 4.72 Å². The summed E-state index contributed by atoms with van der Waals surface area (Å²) in [7, 11) is -3.73. The zero-order valence-electron chi connectivity index (χ0n) is 14.6. The monoisotopic (exact) mass is 358 g/mol. The van der Waals surface area contributed by atoms with Gasteiger partial charge in [-0.3, -0.25) is 4.79 Å². The van der Waals surface area contributed by atoms with Crippen molar-refractivity contribution >= 4 is 21.6 Å². The van der Waals surface area contributed by atoms with E-state index in [1.54, 1.807) is 17.0 Å². The second kappa shape index (κ2) is 6.61. The largest absolute Gasteiger partial charge is 0.311 e. The average Bonchev–Trinajstić information content (AvgIpc) is 2.88. The van der Waals surface area contributed by atoms with Crippen molar-refractivity contribution in [3.05, 3.63) is 59.2 Å². The van der Waals surface area contributed by atoms with Crippen molar-refractivity contribution in [2.45, 2.75) is 38.1 Å². The number of carbonyl (C=O) groups excluding carboxylic acids is 1. The van der Waals surface area contributed by atoms with E-state index < -0.39 is 16.1 Å². The molecular formula is C19H22N2O3S. The Kier molecular flexibility index (Phi) is 4.67. The van der Waals surface area contributed by atoms with Crippen LogP contribution < -0.4 is 9.62 Å². The van der Waals surface area contributed by atoms with Gasteiger partial charge in [-0.1, -0.05) is 23.8 Å². The molecule has 0 unspecified atom stereocenters. The van der Waals surface area contributed by atoms with E-state index in [2.05, 4.69) is 4.72 Å². The van der Waals surface area contributed by atoms with Gasteiger partial charge in [0.25, 0.3) is 0 Å². The van der Waals surface area contributed by atoms with Crippen LogP contribution in [0, 0.1) is 20.8 Å². The highest BCUT2D eigenvalue weighted by atomic mass is 32.2. The number of rotatable bonds is 4. The van der Waals surface area contributed by atoms with Crippen molar-refractivity contribution in [3.63, 3.8) is 0 Å². The van der Waals surface area contributed by atoms with Gasteiger partial charge in [-0.25, -0.2) is 8.42 Å². The summed E-state index contributed by atoms with van der Waals surface area (Å²) in [5, 5.41) is 0. The highest BCUT2D eigenvalue weighted by Crippen LogP contribution is 2.23. The van der Waals surface area contributed by atoms with Crippen LogP contribution in [-0.4, -0.2) is 26.9 Å². The second-order valence-electron chi connectivity index (χ2n) is 6.61. The topological polar surface area (TPSA) is 66.5 Å². The third-order valence-electron chi connectivity index (χ3n) is 4.35. The molecular weight excluding hydrogens is 336 g/mol. The van der Waals surface area contributed by atoms with Gasteiger partial charge < -0.3 is 4.90 Å². The van der Waals surface area contributed by atoms with E-state index in [9.17, 15) is 13.2 Å². The molecule has 1 saturated heterocycles. The average molecular weight is 358 g/mol. The molecule has 0 aromatic heterocycles. The van der Waals surface area contributed by atoms with Gasteiger partial charge in [-0.2, -0.15) is 4.72 Å². The van der Waals surface area contributed by atoms with Gasteiger partial charge in [0.1, 0.15) is 6.04 Å². The maximum absolute atomic E-state index is 12.6. The van der Waals surface area contributed by atoms with Gasteiger partial charge in [0.15, 0.2) is 0 Å². The fraction of sp³-hybridized carbons (Fsp3) is 0.316. The lowest BCUT2D eigenvalue weighted by atomic mass is 10.2. The fourth-order valence-corrected chi connectivity index (χ4v) is 4.53. The number of sulfonamides is 1. The summed E-state index contributed by atoms with van der Waals surface area (Å²) < 4.78 is 27.9. The minimum atomic E-state index is -3.73. The molecule has 1 atom stereocenters. The first-order valence-electron chi connectivity index (χ1n) is 8.25. The fourth-order valence-electron chi connectivity index (χ4n) is 3.11. The van der Waals surface area contributed by atoms with Crippen LogP contribution in [0.25, 0.3) is 0 Å². The molecule has 1 fully saturated rings. The number of carbonyl (C=O) groups is 1. The molecule has 1 heterocycles. The molecule has 2 aromatic rings. The summed E-state index contributed by atoms with van der Waals surface area (Å²) in [6.45, 7) is 6.19. The molecule has 0 bridgehead atoms. The molecule has 132 valence electrons. The number of benzene rings is 2. The molecule has 0 saturated carbocycles. The van der Waals surface area contributed by atoms with E-state index in [0.29, 0.717) is 13.0 Å². The van der Waals surface area contributed by atoms with Crippen LogP contribution in [0.5, 0.6) is 0 Å². The van der Waals surface area contributed by atoms with E-state index in [4.69, 9.17) is 0 Å². The first-order valence-corrected chi connectivity index (χ1v) is 9.73. The third kappa shape index (κ3) is 3.75. The van der Waals surface area contributed by atoms with Crippen LogP contribution in [-0.2, 0) is 14.8 Å². The number of nitrogens with zero attached hydrogens (tertiary/aromatic N) is 1. The van der Waals surface area contributed by atoms with Gasteiger partial charge in [-0.05, 0) is 62.6 Å². The Bertz CT molecular complexity index is 885. The smallest absolute Gasteiger partial charge is 0.245 e. The Hall–Kier alpha value is -2.18. The van der Waals surface area contributed by atoms with E-state index in [0.717, 1.165) is 22.4 Å². The Balaban J connectivity index is 1.79. The van der Waals surface area contributed by atoms with Crippen LogP contribution in [0.1, 0.15) is 23.1 Å². The predicted molar refractivity (Wildman–Crippen MR) is 98.2 cm³/mol. The van der Waals surface area contributed by atoms with Crippen LogP contribution in [0.15, 0.2) is 47.4 Å². The van der Waals surface area contributed by atoms with Crippen molar-refractivity contribution in [1.29, 1.82) is 0 Å². The normalized spacial score (nSPS) is 18.0. The number of anilines is 1. The standard InChI is InChI=1S/C19H22N2O3S/c1-13-4-6-16(7-5-13)21-9-8-18(19(21)22)20-25(23,24)17-11-14(2)10-15(3)12-17/h4-7,10-12,18,20H,8-9H2,1-3H3/t18-/m0/s1. The van der Waals surface area contributed by atoms with Gasteiger partial charge in [0, 0.05) is 12.2 Å². The minimum absolute atomic E-state index is 0.201. The Labute approximate surface area is 148 Å². The first-order chi connectivity index (χ1) is 11.8. The Morgan fingerprint density at radius 1 is 0.960 bits per heavy atom. The molecule has 1 amide bonds. The molecule has 0 aliphatic carbocycles. The molecule has 2 aromatic carbocycles. The maximum Gasteiger partial charge on any atom is 0.245 e. The summed E-state index contributed by atoms with van der Waals surface area (Å²) in [4.78, 5) is 14.5. The molecule has 5 nitrogen and oxygen atoms in total. The molecule has 1 N–H and O–H groups in total. The second-order valence-corrected chi connectivity index (χ2v) is 8.33. The van der Waals surface area contributed by atoms with E-state index in [-0.39, 0.29) is 10.8 Å². The number of amides is 1. The van der Waals surface area contributed by atoms with E-state index in [1.807, 2.05) is 51.1 Å². The van der Waals surface area contributed by atoms with Crippen LogP contribution in [0.4, 0.5) is 5.69 Å². The highest BCUT2D eigenvalue weighted by molar-refractivity contribution is 7.89. The number of hydrogen-bond acceptors (Lipinski definition) is 3. The highest BCUT2D eigenvalue weighted by Gasteiger charge is 2.35. The summed E-state index contributed by atoms with van der Waals surface area (Å²) in [5.74, 6) is -0.211. The van der Waals surface area contributed by atoms with Crippen molar-refractivity contribution < 1.29 is 13.2 Å². The van der Waals surface area contributed by atoms with Crippen LogP contribution in [0.3, 0.4) is 0 Å². The molecule has 6 heteroatoms. The van der Waals surface area contributed by atoms with Crippen LogP contribution in [0.2, 0.25) is 0 Å². The van der Waals surface area contributed by atoms with Crippen molar-refractivity contribution in [2.24, 2.45) is 0 Å². The van der Waals surface area contributed by atoms with E-state index >= 15 is 0 Å². The zero-order chi connectivity index (χ0) is 18.2. The Morgan fingerprint density at radius 3 is 2.16 bits per heavy atom. The van der Waals surface area contributed by atoms with Crippen molar-refractivity contribution in [3.8, 4) is 0 Å². The van der Waals surface area contributed by atoms with Gasteiger partial charge in [-0.15, -0.1) is 0 Å². The Morgan fingerprint density at radius 2 is 1.56 bits per heavy atom. The summed E-state index contributed by atoms with van der Waals surface area (Å²) in [6.07, 6.45) is 0.455. The van der Waals surface area contributed by atoms with Gasteiger partial charge in [0.2, 0.25) is 15.9 Å². The summed E-state index contributed by atoms with van der Waals surface area (Å²) in [6, 6.07) is 12.1. The van der Waals surface area contributed by atoms with Crippen molar-refractivity contribution in [2.75, 3.05) is 11.4 Å². The molecule has 1 aliphatic rings. The SMILES string of the molecule is Cc1ccc(N2CC[C@H](NS(=O)(=O)c3cc(C)cc(C)c3)C2=O)cc1. The number of nitrogens with one attached hydrogen (secondary N) is 1. The van der Waals surface area contributed by atoms with E-state index in [1.165, 1.54) is 0 Å². The lowest BCUT2D eigenvalue weighted by Crippen LogP contribution is -2.41. The number of aryl methyl sites for hydroxylation is 3. The van der Waals surface area contributed by atoms with Crippen LogP contribution >= 0.6 is 0 Å². The lowest BCUT2D eigenvalue weighted by molar-refractivity contribution is -0.118. The molecule has 0 spiro atoms.